The minimum Gasteiger partial charge on any atom is -0.362 e. The van der Waals surface area contributed by atoms with Gasteiger partial charge in [-0.25, -0.2) is 9.78 Å². The lowest BCUT2D eigenvalue weighted by molar-refractivity contribution is 0.229. The second-order valence-electron chi connectivity index (χ2n) is 8.73. The van der Waals surface area contributed by atoms with Crippen LogP contribution in [0.4, 0.5) is 16.6 Å². The van der Waals surface area contributed by atoms with Crippen LogP contribution < -0.4 is 20.9 Å². The molecule has 3 N–H and O–H groups in total. The summed E-state index contributed by atoms with van der Waals surface area (Å²) in [5.41, 5.74) is 2.04. The zero-order chi connectivity index (χ0) is 22.5. The lowest BCUT2D eigenvalue weighted by Crippen LogP contribution is -2.45. The Labute approximate surface area is 189 Å². The van der Waals surface area contributed by atoms with Crippen LogP contribution in [-0.4, -0.2) is 42.2 Å². The molecule has 1 unspecified atom stereocenters. The number of para-hydroxylation sites is 1. The van der Waals surface area contributed by atoms with Gasteiger partial charge in [0, 0.05) is 31.6 Å². The largest absolute Gasteiger partial charge is 0.362 e. The maximum Gasteiger partial charge on any atom is 0.315 e. The van der Waals surface area contributed by atoms with Gasteiger partial charge in [0.1, 0.15) is 5.82 Å². The van der Waals surface area contributed by atoms with Crippen molar-refractivity contribution in [3.63, 3.8) is 0 Å². The molecule has 7 heteroatoms. The summed E-state index contributed by atoms with van der Waals surface area (Å²) < 4.78 is 0. The average Bonchev–Trinajstić information content (AvgIpc) is 2.80. The third-order valence-corrected chi connectivity index (χ3v) is 6.05. The Morgan fingerprint density at radius 1 is 0.938 bits per heavy atom. The van der Waals surface area contributed by atoms with Gasteiger partial charge in [0.05, 0.1) is 11.6 Å². The van der Waals surface area contributed by atoms with Crippen LogP contribution >= 0.6 is 0 Å². The number of anilines is 2. The van der Waals surface area contributed by atoms with Crippen LogP contribution in [-0.2, 0) is 0 Å². The minimum atomic E-state index is -0.105. The van der Waals surface area contributed by atoms with Gasteiger partial charge >= 0.3 is 6.03 Å². The second-order valence-corrected chi connectivity index (χ2v) is 8.73. The third-order valence-electron chi connectivity index (χ3n) is 6.05. The van der Waals surface area contributed by atoms with Crippen LogP contribution in [0.1, 0.15) is 44.2 Å². The van der Waals surface area contributed by atoms with Crippen molar-refractivity contribution in [2.24, 2.45) is 0 Å². The van der Waals surface area contributed by atoms with Crippen LogP contribution in [0, 0.1) is 0 Å². The minimum absolute atomic E-state index is 0.0230. The summed E-state index contributed by atoms with van der Waals surface area (Å²) in [5.74, 6) is 1.58. The number of fused-ring (bicyclic) bond motifs is 1. The molecule has 32 heavy (non-hydrogen) atoms. The fourth-order valence-corrected chi connectivity index (χ4v) is 4.28. The molecule has 0 bridgehead atoms. The summed E-state index contributed by atoms with van der Waals surface area (Å²) in [7, 11) is 4.00. The molecular formula is C25H32N6O. The van der Waals surface area contributed by atoms with Crippen LogP contribution in [0.15, 0.2) is 54.6 Å². The predicted molar refractivity (Wildman–Crippen MR) is 130 cm³/mol. The lowest BCUT2D eigenvalue weighted by atomic mass is 9.91. The van der Waals surface area contributed by atoms with E-state index >= 15 is 0 Å². The molecule has 3 aromatic rings. The monoisotopic (exact) mass is 432 g/mol. The maximum atomic E-state index is 12.4. The van der Waals surface area contributed by atoms with Gasteiger partial charge in [-0.05, 0) is 50.3 Å². The Morgan fingerprint density at radius 2 is 1.59 bits per heavy atom. The summed E-state index contributed by atoms with van der Waals surface area (Å²) in [6, 6.07) is 18.4. The van der Waals surface area contributed by atoms with E-state index in [1.165, 1.54) is 0 Å². The first-order chi connectivity index (χ1) is 15.5. The summed E-state index contributed by atoms with van der Waals surface area (Å²) in [6.07, 6.45) is 3.79. The quantitative estimate of drug-likeness (QED) is 0.535. The molecule has 2 aromatic carbocycles. The molecule has 1 heterocycles. The number of amides is 2. The highest BCUT2D eigenvalue weighted by Gasteiger charge is 2.24. The Balaban J connectivity index is 1.30. The Kier molecular flexibility index (Phi) is 6.73. The van der Waals surface area contributed by atoms with Gasteiger partial charge in [0.25, 0.3) is 0 Å². The molecule has 168 valence electrons. The highest BCUT2D eigenvalue weighted by Crippen LogP contribution is 2.26. The Morgan fingerprint density at radius 3 is 2.31 bits per heavy atom. The number of benzene rings is 2. The SMILES string of the molecule is CC(NC(=O)NC1CCC(Nc2nc(N(C)C)c3ccccc3n2)CC1)c1ccccc1. The van der Waals surface area contributed by atoms with Crippen LogP contribution in [0.2, 0.25) is 0 Å². The molecule has 0 aliphatic heterocycles. The summed E-state index contributed by atoms with van der Waals surface area (Å²) >= 11 is 0. The summed E-state index contributed by atoms with van der Waals surface area (Å²) in [6.45, 7) is 2.00. The smallest absolute Gasteiger partial charge is 0.315 e. The molecule has 0 saturated heterocycles. The molecule has 1 aliphatic carbocycles. The highest BCUT2D eigenvalue weighted by atomic mass is 16.2. The number of urea groups is 1. The van der Waals surface area contributed by atoms with Crippen LogP contribution in [0.5, 0.6) is 0 Å². The van der Waals surface area contributed by atoms with Gasteiger partial charge in [-0.3, -0.25) is 0 Å². The third kappa shape index (κ3) is 5.28. The molecule has 1 atom stereocenters. The van der Waals surface area contributed by atoms with Crippen molar-refractivity contribution >= 4 is 28.7 Å². The second kappa shape index (κ2) is 9.85. The predicted octanol–water partition coefficient (Wildman–Crippen LogP) is 4.48. The highest BCUT2D eigenvalue weighted by molar-refractivity contribution is 5.90. The average molecular weight is 433 g/mol. The summed E-state index contributed by atoms with van der Waals surface area (Å²) in [4.78, 5) is 23.9. The Hall–Kier alpha value is -3.35. The van der Waals surface area contributed by atoms with E-state index in [9.17, 15) is 4.79 Å². The van der Waals surface area contributed by atoms with Crippen molar-refractivity contribution in [1.29, 1.82) is 0 Å². The van der Waals surface area contributed by atoms with E-state index in [2.05, 4.69) is 22.0 Å². The van der Waals surface area contributed by atoms with Gasteiger partial charge in [-0.1, -0.05) is 42.5 Å². The van der Waals surface area contributed by atoms with Crippen LogP contribution in [0.3, 0.4) is 0 Å². The first-order valence-electron chi connectivity index (χ1n) is 11.3. The van der Waals surface area contributed by atoms with E-state index in [0.717, 1.165) is 48.0 Å². The zero-order valence-electron chi connectivity index (χ0n) is 19.0. The first kappa shape index (κ1) is 21.9. The standard InChI is InChI=1S/C25H32N6O/c1-17(18-9-5-4-6-10-18)26-25(32)28-20-15-13-19(14-16-20)27-24-29-22-12-8-7-11-21(22)23(30-24)31(2)3/h4-12,17,19-20H,13-16H2,1-3H3,(H2,26,28,32)(H,27,29,30). The molecule has 1 fully saturated rings. The van der Waals surface area contributed by atoms with Gasteiger partial charge in [-0.2, -0.15) is 4.98 Å². The molecule has 2 amide bonds. The van der Waals surface area contributed by atoms with Crippen molar-refractivity contribution in [2.45, 2.75) is 50.7 Å². The topological polar surface area (TPSA) is 82.2 Å². The fraction of sp³-hybridized carbons (Fsp3) is 0.400. The number of carbonyl (C=O) groups excluding carboxylic acids is 1. The molecule has 1 aliphatic rings. The van der Waals surface area contributed by atoms with Crippen molar-refractivity contribution in [2.75, 3.05) is 24.3 Å². The lowest BCUT2D eigenvalue weighted by Gasteiger charge is -2.30. The molecule has 0 spiro atoms. The van der Waals surface area contributed by atoms with E-state index in [4.69, 9.17) is 9.97 Å². The van der Waals surface area contributed by atoms with Gasteiger partial charge < -0.3 is 20.9 Å². The zero-order valence-corrected chi connectivity index (χ0v) is 19.0. The number of nitrogens with zero attached hydrogens (tertiary/aromatic N) is 3. The molecule has 1 saturated carbocycles. The van der Waals surface area contributed by atoms with Gasteiger partial charge in [0.15, 0.2) is 0 Å². The van der Waals surface area contributed by atoms with Crippen molar-refractivity contribution in [3.05, 3.63) is 60.2 Å². The number of hydrogen-bond acceptors (Lipinski definition) is 5. The van der Waals surface area contributed by atoms with E-state index < -0.39 is 0 Å². The van der Waals surface area contributed by atoms with E-state index in [0.29, 0.717) is 12.0 Å². The van der Waals surface area contributed by atoms with Crippen molar-refractivity contribution in [3.8, 4) is 0 Å². The van der Waals surface area contributed by atoms with Crippen molar-refractivity contribution in [1.82, 2.24) is 20.6 Å². The van der Waals surface area contributed by atoms with E-state index in [1.54, 1.807) is 0 Å². The molecule has 4 rings (SSSR count). The number of rotatable bonds is 6. The van der Waals surface area contributed by atoms with E-state index in [-0.39, 0.29) is 18.1 Å². The first-order valence-corrected chi connectivity index (χ1v) is 11.3. The fourth-order valence-electron chi connectivity index (χ4n) is 4.28. The maximum absolute atomic E-state index is 12.4. The molecular weight excluding hydrogens is 400 g/mol. The van der Waals surface area contributed by atoms with Gasteiger partial charge in [0.2, 0.25) is 5.95 Å². The number of hydrogen-bond donors (Lipinski definition) is 3. The van der Waals surface area contributed by atoms with E-state index in [1.807, 2.05) is 74.4 Å². The number of nitrogens with one attached hydrogen (secondary N) is 3. The van der Waals surface area contributed by atoms with Gasteiger partial charge in [-0.15, -0.1) is 0 Å². The van der Waals surface area contributed by atoms with Crippen LogP contribution in [0.25, 0.3) is 10.9 Å². The molecule has 1 aromatic heterocycles. The molecule has 7 nitrogen and oxygen atoms in total. The number of carbonyl (C=O) groups is 1. The Bertz CT molecular complexity index is 1050. The van der Waals surface area contributed by atoms with Crippen molar-refractivity contribution < 1.29 is 4.79 Å². The normalized spacial score (nSPS) is 19.2. The number of aromatic nitrogens is 2. The summed E-state index contributed by atoms with van der Waals surface area (Å²) in [5, 5.41) is 10.7. The molecule has 0 radical (unpaired) electrons.